The van der Waals surface area contributed by atoms with Gasteiger partial charge in [0, 0.05) is 25.7 Å². The van der Waals surface area contributed by atoms with Gasteiger partial charge in [-0.2, -0.15) is 0 Å². The molecule has 1 saturated heterocycles. The summed E-state index contributed by atoms with van der Waals surface area (Å²) in [6, 6.07) is 8.29. The van der Waals surface area contributed by atoms with Crippen molar-refractivity contribution in [3.8, 4) is 5.75 Å². The predicted molar refractivity (Wildman–Crippen MR) is 94.0 cm³/mol. The number of carbonyl (C=O) groups is 1. The van der Waals surface area contributed by atoms with E-state index in [0.29, 0.717) is 11.0 Å². The lowest BCUT2D eigenvalue weighted by atomic mass is 10.1. The molecule has 1 heterocycles. The molecule has 1 aliphatic rings. The molecule has 0 spiro atoms. The Bertz CT molecular complexity index is 507. The van der Waals surface area contributed by atoms with Crippen molar-refractivity contribution in [2.75, 3.05) is 37.4 Å². The number of ether oxygens (including phenoxy) is 1. The van der Waals surface area contributed by atoms with E-state index < -0.39 is 0 Å². The van der Waals surface area contributed by atoms with Crippen LogP contribution in [0.5, 0.6) is 5.75 Å². The third-order valence-electron chi connectivity index (χ3n) is 3.91. The van der Waals surface area contributed by atoms with Gasteiger partial charge in [-0.3, -0.25) is 4.79 Å². The van der Waals surface area contributed by atoms with Gasteiger partial charge in [-0.05, 0) is 24.3 Å². The summed E-state index contributed by atoms with van der Waals surface area (Å²) in [7, 11) is 1.70. The van der Waals surface area contributed by atoms with Crippen LogP contribution in [0.4, 0.5) is 5.69 Å². The molecule has 1 aliphatic heterocycles. The van der Waals surface area contributed by atoms with Crippen LogP contribution < -0.4 is 9.64 Å². The monoisotopic (exact) mass is 322 g/mol. The lowest BCUT2D eigenvalue weighted by Crippen LogP contribution is -2.54. The van der Waals surface area contributed by atoms with E-state index in [1.165, 1.54) is 0 Å². The van der Waals surface area contributed by atoms with Crippen LogP contribution in [0, 0.1) is 0 Å². The summed E-state index contributed by atoms with van der Waals surface area (Å²) >= 11 is 1.71. The molecule has 1 aromatic carbocycles. The number of nitrogens with zero attached hydrogens (tertiary/aromatic N) is 2. The Morgan fingerprint density at radius 2 is 2.09 bits per heavy atom. The fourth-order valence-corrected chi connectivity index (χ4v) is 3.40. The number of rotatable bonds is 5. The van der Waals surface area contributed by atoms with Crippen molar-refractivity contribution in [2.45, 2.75) is 32.1 Å². The second-order valence-corrected chi connectivity index (χ2v) is 7.48. The van der Waals surface area contributed by atoms with Crippen LogP contribution in [-0.4, -0.2) is 54.6 Å². The van der Waals surface area contributed by atoms with E-state index in [9.17, 15) is 4.79 Å². The van der Waals surface area contributed by atoms with Crippen LogP contribution in [-0.2, 0) is 4.79 Å². The molecule has 1 amide bonds. The number of piperazine rings is 1. The summed E-state index contributed by atoms with van der Waals surface area (Å²) in [5.41, 5.74) is 1.11. The number of hydrogen-bond donors (Lipinski definition) is 0. The number of thioether (sulfide) groups is 1. The van der Waals surface area contributed by atoms with Gasteiger partial charge in [0.05, 0.1) is 18.6 Å². The van der Waals surface area contributed by atoms with E-state index in [0.717, 1.165) is 31.1 Å². The summed E-state index contributed by atoms with van der Waals surface area (Å²) < 4.78 is 5.45. The number of para-hydroxylation sites is 2. The molecule has 122 valence electrons. The van der Waals surface area contributed by atoms with Crippen molar-refractivity contribution in [3.05, 3.63) is 24.3 Å². The highest BCUT2D eigenvalue weighted by atomic mass is 32.2. The van der Waals surface area contributed by atoms with E-state index in [1.807, 2.05) is 23.1 Å². The maximum Gasteiger partial charge on any atom is 0.232 e. The first-order valence-electron chi connectivity index (χ1n) is 7.82. The molecule has 0 aromatic heterocycles. The summed E-state index contributed by atoms with van der Waals surface area (Å²) in [6.07, 6.45) is 0. The van der Waals surface area contributed by atoms with Gasteiger partial charge in [0.1, 0.15) is 5.75 Å². The maximum absolute atomic E-state index is 12.3. The molecule has 1 atom stereocenters. The Balaban J connectivity index is 1.99. The zero-order chi connectivity index (χ0) is 16.1. The average Bonchev–Trinajstić information content (AvgIpc) is 2.52. The van der Waals surface area contributed by atoms with Gasteiger partial charge in [-0.1, -0.05) is 26.0 Å². The topological polar surface area (TPSA) is 32.8 Å². The zero-order valence-electron chi connectivity index (χ0n) is 13.9. The van der Waals surface area contributed by atoms with Crippen LogP contribution >= 0.6 is 11.8 Å². The molecule has 0 unspecified atom stereocenters. The molecule has 0 radical (unpaired) electrons. The molecule has 5 heteroatoms. The van der Waals surface area contributed by atoms with E-state index in [4.69, 9.17) is 4.74 Å². The molecule has 0 saturated carbocycles. The Hall–Kier alpha value is -1.36. The molecule has 2 rings (SSSR count). The van der Waals surface area contributed by atoms with Gasteiger partial charge in [0.15, 0.2) is 0 Å². The molecule has 0 N–H and O–H groups in total. The quantitative estimate of drug-likeness (QED) is 0.834. The Morgan fingerprint density at radius 1 is 1.36 bits per heavy atom. The maximum atomic E-state index is 12.3. The standard InChI is InChI=1S/C17H26N2O2S/c1-13(2)22-12-17(20)19-10-9-18(11-14(19)3)15-7-5-6-8-16(15)21-4/h5-8,13-14H,9-12H2,1-4H3/t14-/m0/s1. The summed E-state index contributed by atoms with van der Waals surface area (Å²) in [5, 5.41) is 0.495. The molecule has 1 fully saturated rings. The average molecular weight is 322 g/mol. The number of anilines is 1. The number of amides is 1. The SMILES string of the molecule is COc1ccccc1N1CCN(C(=O)CSC(C)C)[C@@H](C)C1. The first-order valence-corrected chi connectivity index (χ1v) is 8.86. The molecule has 1 aromatic rings. The number of carbonyl (C=O) groups excluding carboxylic acids is 1. The van der Waals surface area contributed by atoms with Crippen LogP contribution in [0.3, 0.4) is 0 Å². The molecule has 22 heavy (non-hydrogen) atoms. The third-order valence-corrected chi connectivity index (χ3v) is 4.99. The fourth-order valence-electron chi connectivity index (χ4n) is 2.76. The Kier molecular flexibility index (Phi) is 6.00. The molecular weight excluding hydrogens is 296 g/mol. The van der Waals surface area contributed by atoms with Crippen molar-refractivity contribution in [1.29, 1.82) is 0 Å². The van der Waals surface area contributed by atoms with Crippen molar-refractivity contribution in [2.24, 2.45) is 0 Å². The fraction of sp³-hybridized carbons (Fsp3) is 0.588. The molecule has 4 nitrogen and oxygen atoms in total. The van der Waals surface area contributed by atoms with Crippen molar-refractivity contribution in [3.63, 3.8) is 0 Å². The molecular formula is C17H26N2O2S. The van der Waals surface area contributed by atoms with Gasteiger partial charge in [0.25, 0.3) is 0 Å². The minimum absolute atomic E-state index is 0.221. The minimum Gasteiger partial charge on any atom is -0.495 e. The molecule has 0 bridgehead atoms. The second kappa shape index (κ2) is 7.77. The number of methoxy groups -OCH3 is 1. The summed E-state index contributed by atoms with van der Waals surface area (Å²) in [4.78, 5) is 16.7. The lowest BCUT2D eigenvalue weighted by Gasteiger charge is -2.41. The van der Waals surface area contributed by atoms with Crippen molar-refractivity contribution >= 4 is 23.4 Å². The lowest BCUT2D eigenvalue weighted by molar-refractivity contribution is -0.130. The van der Waals surface area contributed by atoms with E-state index in [1.54, 1.807) is 18.9 Å². The smallest absolute Gasteiger partial charge is 0.232 e. The van der Waals surface area contributed by atoms with Gasteiger partial charge in [-0.25, -0.2) is 0 Å². The van der Waals surface area contributed by atoms with Gasteiger partial charge < -0.3 is 14.5 Å². The van der Waals surface area contributed by atoms with E-state index in [-0.39, 0.29) is 11.9 Å². The largest absolute Gasteiger partial charge is 0.495 e. The van der Waals surface area contributed by atoms with Crippen LogP contribution in [0.25, 0.3) is 0 Å². The first-order chi connectivity index (χ1) is 10.5. The minimum atomic E-state index is 0.221. The van der Waals surface area contributed by atoms with Gasteiger partial charge >= 0.3 is 0 Å². The highest BCUT2D eigenvalue weighted by Gasteiger charge is 2.28. The van der Waals surface area contributed by atoms with E-state index >= 15 is 0 Å². The second-order valence-electron chi connectivity index (χ2n) is 5.91. The Labute approximate surface area is 137 Å². The van der Waals surface area contributed by atoms with Crippen LogP contribution in [0.1, 0.15) is 20.8 Å². The highest BCUT2D eigenvalue weighted by Crippen LogP contribution is 2.29. The van der Waals surface area contributed by atoms with Crippen molar-refractivity contribution < 1.29 is 9.53 Å². The van der Waals surface area contributed by atoms with Gasteiger partial charge in [0.2, 0.25) is 5.91 Å². The number of hydrogen-bond acceptors (Lipinski definition) is 4. The third kappa shape index (κ3) is 4.09. The normalized spacial score (nSPS) is 18.7. The predicted octanol–water partition coefficient (Wildman–Crippen LogP) is 2.87. The van der Waals surface area contributed by atoms with Gasteiger partial charge in [-0.15, -0.1) is 11.8 Å². The highest BCUT2D eigenvalue weighted by molar-refractivity contribution is 8.00. The van der Waals surface area contributed by atoms with Crippen molar-refractivity contribution in [1.82, 2.24) is 4.90 Å². The summed E-state index contributed by atoms with van der Waals surface area (Å²) in [6.45, 7) is 8.85. The van der Waals surface area contributed by atoms with Crippen LogP contribution in [0.2, 0.25) is 0 Å². The zero-order valence-corrected chi connectivity index (χ0v) is 14.7. The molecule has 0 aliphatic carbocycles. The summed E-state index contributed by atoms with van der Waals surface area (Å²) in [5.74, 6) is 1.73. The van der Waals surface area contributed by atoms with E-state index in [2.05, 4.69) is 31.7 Å². The number of benzene rings is 1. The first kappa shape index (κ1) is 17.0. The Morgan fingerprint density at radius 3 is 2.73 bits per heavy atom. The van der Waals surface area contributed by atoms with Crippen LogP contribution in [0.15, 0.2) is 24.3 Å².